The van der Waals surface area contributed by atoms with Crippen LogP contribution in [0.4, 0.5) is 0 Å². The van der Waals surface area contributed by atoms with E-state index in [1.165, 1.54) is 38.5 Å². The van der Waals surface area contributed by atoms with E-state index in [-0.39, 0.29) is 6.04 Å². The normalized spacial score (nSPS) is 43.3. The Morgan fingerprint density at radius 3 is 2.11 bits per heavy atom. The molecular formula is C15H27NO2. The second-order valence-electron chi connectivity index (χ2n) is 6.95. The highest BCUT2D eigenvalue weighted by molar-refractivity contribution is 5.05. The number of rotatable bonds is 6. The van der Waals surface area contributed by atoms with Crippen LogP contribution >= 0.6 is 0 Å². The summed E-state index contributed by atoms with van der Waals surface area (Å²) in [5.41, 5.74) is 6.91. The van der Waals surface area contributed by atoms with Gasteiger partial charge in [0.1, 0.15) is 0 Å². The number of ether oxygens (including phenoxy) is 2. The van der Waals surface area contributed by atoms with Crippen molar-refractivity contribution in [1.82, 2.24) is 0 Å². The van der Waals surface area contributed by atoms with Crippen molar-refractivity contribution in [3.63, 3.8) is 0 Å². The van der Waals surface area contributed by atoms with Gasteiger partial charge in [0.15, 0.2) is 0 Å². The first-order valence-electron chi connectivity index (χ1n) is 7.54. The Hall–Kier alpha value is -0.120. The van der Waals surface area contributed by atoms with E-state index in [4.69, 9.17) is 15.2 Å². The molecule has 4 aliphatic carbocycles. The van der Waals surface area contributed by atoms with E-state index in [9.17, 15) is 0 Å². The minimum absolute atomic E-state index is 0.239. The number of hydrogen-bond donors (Lipinski definition) is 1. The zero-order chi connectivity index (χ0) is 12.6. The Morgan fingerprint density at radius 1 is 1.06 bits per heavy atom. The van der Waals surface area contributed by atoms with Gasteiger partial charge >= 0.3 is 0 Å². The Kier molecular flexibility index (Phi) is 3.65. The van der Waals surface area contributed by atoms with Crippen molar-refractivity contribution in [2.75, 3.05) is 26.9 Å². The first-order valence-corrected chi connectivity index (χ1v) is 7.54. The Morgan fingerprint density at radius 2 is 1.61 bits per heavy atom. The van der Waals surface area contributed by atoms with E-state index in [2.05, 4.69) is 0 Å². The molecule has 0 spiro atoms. The fraction of sp³-hybridized carbons (Fsp3) is 1.00. The first-order chi connectivity index (χ1) is 8.72. The van der Waals surface area contributed by atoms with Crippen LogP contribution in [0.3, 0.4) is 0 Å². The van der Waals surface area contributed by atoms with Crippen LogP contribution in [0, 0.1) is 23.2 Å². The predicted octanol–water partition coefficient (Wildman–Crippen LogP) is 2.19. The van der Waals surface area contributed by atoms with Gasteiger partial charge in [-0.25, -0.2) is 0 Å². The molecule has 18 heavy (non-hydrogen) atoms. The van der Waals surface area contributed by atoms with Gasteiger partial charge in [-0.3, -0.25) is 0 Å². The summed E-state index contributed by atoms with van der Waals surface area (Å²) in [6, 6.07) is 0.239. The average Bonchev–Trinajstić information content (AvgIpc) is 2.32. The van der Waals surface area contributed by atoms with Crippen molar-refractivity contribution in [1.29, 1.82) is 0 Å². The molecule has 4 rings (SSSR count). The van der Waals surface area contributed by atoms with Crippen molar-refractivity contribution < 1.29 is 9.47 Å². The molecule has 0 aromatic carbocycles. The molecule has 0 aromatic heterocycles. The monoisotopic (exact) mass is 253 g/mol. The van der Waals surface area contributed by atoms with Crippen molar-refractivity contribution >= 4 is 0 Å². The van der Waals surface area contributed by atoms with Crippen LogP contribution in [-0.4, -0.2) is 33.0 Å². The van der Waals surface area contributed by atoms with Gasteiger partial charge in [-0.05, 0) is 61.7 Å². The molecule has 1 unspecified atom stereocenters. The molecule has 4 aliphatic rings. The van der Waals surface area contributed by atoms with E-state index < -0.39 is 0 Å². The molecule has 3 heteroatoms. The highest BCUT2D eigenvalue weighted by Crippen LogP contribution is 2.60. The summed E-state index contributed by atoms with van der Waals surface area (Å²) < 4.78 is 10.7. The molecule has 3 nitrogen and oxygen atoms in total. The highest BCUT2D eigenvalue weighted by atomic mass is 16.5. The van der Waals surface area contributed by atoms with Gasteiger partial charge in [0.05, 0.1) is 19.8 Å². The number of methoxy groups -OCH3 is 1. The fourth-order valence-corrected chi connectivity index (χ4v) is 5.16. The van der Waals surface area contributed by atoms with Crippen molar-refractivity contribution in [2.45, 2.75) is 44.6 Å². The van der Waals surface area contributed by atoms with Crippen molar-refractivity contribution in [3.8, 4) is 0 Å². The summed E-state index contributed by atoms with van der Waals surface area (Å²) in [5.74, 6) is 2.92. The highest BCUT2D eigenvalue weighted by Gasteiger charge is 2.53. The summed E-state index contributed by atoms with van der Waals surface area (Å²) in [6.45, 7) is 2.07. The Bertz CT molecular complexity index is 257. The number of nitrogens with two attached hydrogens (primary N) is 1. The maximum atomic E-state index is 6.49. The third-order valence-corrected chi connectivity index (χ3v) is 5.60. The quantitative estimate of drug-likeness (QED) is 0.738. The van der Waals surface area contributed by atoms with Gasteiger partial charge in [-0.1, -0.05) is 0 Å². The third-order valence-electron chi connectivity index (χ3n) is 5.60. The Balaban J connectivity index is 1.57. The minimum Gasteiger partial charge on any atom is -0.382 e. The fourth-order valence-electron chi connectivity index (χ4n) is 5.16. The molecule has 0 aliphatic heterocycles. The zero-order valence-electron chi connectivity index (χ0n) is 11.6. The molecule has 4 saturated carbocycles. The van der Waals surface area contributed by atoms with Crippen LogP contribution in [0.2, 0.25) is 0 Å². The van der Waals surface area contributed by atoms with Crippen LogP contribution in [0.5, 0.6) is 0 Å². The first kappa shape index (κ1) is 12.9. The van der Waals surface area contributed by atoms with Gasteiger partial charge in [-0.2, -0.15) is 0 Å². The lowest BCUT2D eigenvalue weighted by atomic mass is 9.48. The van der Waals surface area contributed by atoms with Gasteiger partial charge in [0.2, 0.25) is 0 Å². The summed E-state index contributed by atoms with van der Waals surface area (Å²) in [7, 11) is 1.71. The molecular weight excluding hydrogens is 226 g/mol. The second-order valence-corrected chi connectivity index (χ2v) is 6.95. The average molecular weight is 253 g/mol. The third kappa shape index (κ3) is 2.33. The molecule has 104 valence electrons. The summed E-state index contributed by atoms with van der Waals surface area (Å²) in [4.78, 5) is 0. The molecule has 0 radical (unpaired) electrons. The topological polar surface area (TPSA) is 44.5 Å². The summed E-state index contributed by atoms with van der Waals surface area (Å²) in [6.07, 6.45) is 8.55. The van der Waals surface area contributed by atoms with Gasteiger partial charge in [-0.15, -0.1) is 0 Å². The van der Waals surface area contributed by atoms with Crippen LogP contribution in [0.15, 0.2) is 0 Å². The summed E-state index contributed by atoms with van der Waals surface area (Å²) in [5, 5.41) is 0. The summed E-state index contributed by atoms with van der Waals surface area (Å²) >= 11 is 0. The standard InChI is InChI=1S/C15H27NO2/c1-17-2-3-18-10-14(16)15-7-11-4-12(8-15)6-13(5-11)9-15/h11-14H,2-10,16H2,1H3. The van der Waals surface area contributed by atoms with Gasteiger partial charge in [0, 0.05) is 13.2 Å². The number of hydrogen-bond acceptors (Lipinski definition) is 3. The maximum absolute atomic E-state index is 6.49. The molecule has 1 atom stereocenters. The molecule has 0 aromatic rings. The van der Waals surface area contributed by atoms with Crippen LogP contribution < -0.4 is 5.73 Å². The second kappa shape index (κ2) is 5.10. The van der Waals surface area contributed by atoms with Crippen molar-refractivity contribution in [3.05, 3.63) is 0 Å². The SMILES string of the molecule is COCCOCC(N)C12CC3CC(CC(C3)C1)C2. The van der Waals surface area contributed by atoms with Gasteiger partial charge < -0.3 is 15.2 Å². The molecule has 0 heterocycles. The largest absolute Gasteiger partial charge is 0.382 e. The molecule has 2 N–H and O–H groups in total. The lowest BCUT2D eigenvalue weighted by Crippen LogP contribution is -2.56. The minimum atomic E-state index is 0.239. The van der Waals surface area contributed by atoms with Crippen molar-refractivity contribution in [2.24, 2.45) is 28.9 Å². The van der Waals surface area contributed by atoms with E-state index in [1.807, 2.05) is 0 Å². The smallest absolute Gasteiger partial charge is 0.0701 e. The predicted molar refractivity (Wildman–Crippen MR) is 71.3 cm³/mol. The molecule has 4 bridgehead atoms. The Labute approximate surface area is 110 Å². The lowest BCUT2D eigenvalue weighted by Gasteiger charge is -2.58. The van der Waals surface area contributed by atoms with Crippen LogP contribution in [0.25, 0.3) is 0 Å². The van der Waals surface area contributed by atoms with Crippen LogP contribution in [0.1, 0.15) is 38.5 Å². The van der Waals surface area contributed by atoms with Crippen LogP contribution in [-0.2, 0) is 9.47 Å². The molecule has 0 saturated heterocycles. The molecule has 4 fully saturated rings. The van der Waals surface area contributed by atoms with E-state index in [0.717, 1.165) is 24.4 Å². The zero-order valence-corrected chi connectivity index (χ0v) is 11.6. The molecule has 0 amide bonds. The maximum Gasteiger partial charge on any atom is 0.0701 e. The lowest BCUT2D eigenvalue weighted by molar-refractivity contribution is -0.0823. The van der Waals surface area contributed by atoms with Gasteiger partial charge in [0.25, 0.3) is 0 Å². The van der Waals surface area contributed by atoms with E-state index in [1.54, 1.807) is 7.11 Å². The van der Waals surface area contributed by atoms with E-state index >= 15 is 0 Å². The van der Waals surface area contributed by atoms with E-state index in [0.29, 0.717) is 18.6 Å².